The fourth-order valence-electron chi connectivity index (χ4n) is 2.20. The van der Waals surface area contributed by atoms with Gasteiger partial charge < -0.3 is 5.11 Å². The molecule has 1 saturated carbocycles. The second-order valence-corrected chi connectivity index (χ2v) is 4.98. The van der Waals surface area contributed by atoms with E-state index in [-0.39, 0.29) is 5.56 Å². The van der Waals surface area contributed by atoms with Crippen LogP contribution in [0.4, 0.5) is 0 Å². The molecule has 102 valence electrons. The molecule has 0 unspecified atom stereocenters. The summed E-state index contributed by atoms with van der Waals surface area (Å²) >= 11 is 0. The van der Waals surface area contributed by atoms with Crippen molar-refractivity contribution >= 4 is 5.97 Å². The summed E-state index contributed by atoms with van der Waals surface area (Å²) in [6.07, 6.45) is 2.10. The zero-order valence-electron chi connectivity index (χ0n) is 10.8. The largest absolute Gasteiger partial charge is 0.480 e. The van der Waals surface area contributed by atoms with Gasteiger partial charge in [0.2, 0.25) is 0 Å². The lowest BCUT2D eigenvalue weighted by Crippen LogP contribution is -2.28. The Balaban J connectivity index is 2.15. The number of benzene rings is 1. The lowest BCUT2D eigenvalue weighted by Gasteiger charge is -2.08. The summed E-state index contributed by atoms with van der Waals surface area (Å²) < 4.78 is 1.05. The van der Waals surface area contributed by atoms with Crippen molar-refractivity contribution in [3.05, 3.63) is 52.4 Å². The molecule has 1 aromatic carbocycles. The van der Waals surface area contributed by atoms with Crippen LogP contribution in [0.15, 0.2) is 41.2 Å². The first kappa shape index (κ1) is 12.6. The fraction of sp³-hybridized carbons (Fsp3) is 0.267. The van der Waals surface area contributed by atoms with E-state index < -0.39 is 12.5 Å². The highest BCUT2D eigenvalue weighted by atomic mass is 16.4. The van der Waals surface area contributed by atoms with Gasteiger partial charge in [-0.1, -0.05) is 30.3 Å². The zero-order chi connectivity index (χ0) is 14.1. The third kappa shape index (κ3) is 2.47. The second kappa shape index (κ2) is 4.92. The van der Waals surface area contributed by atoms with Crippen molar-refractivity contribution in [3.8, 4) is 11.1 Å². The molecular formula is C15H14N2O3. The minimum atomic E-state index is -1.06. The lowest BCUT2D eigenvalue weighted by atomic mass is 10.1. The summed E-state index contributed by atoms with van der Waals surface area (Å²) in [4.78, 5) is 23.2. The predicted molar refractivity (Wildman–Crippen MR) is 73.5 cm³/mol. The molecule has 1 fully saturated rings. The van der Waals surface area contributed by atoms with Gasteiger partial charge in [-0.2, -0.15) is 5.10 Å². The topological polar surface area (TPSA) is 72.2 Å². The van der Waals surface area contributed by atoms with E-state index in [1.54, 1.807) is 6.07 Å². The third-order valence-corrected chi connectivity index (χ3v) is 3.36. The predicted octanol–water partition coefficient (Wildman–Crippen LogP) is 1.87. The van der Waals surface area contributed by atoms with Crippen LogP contribution in [0.1, 0.15) is 24.5 Å². The molecular weight excluding hydrogens is 256 g/mol. The SMILES string of the molecule is O=C(O)Cn1nc(C2CC2)cc(-c2ccccc2)c1=O. The van der Waals surface area contributed by atoms with Gasteiger partial charge in [-0.05, 0) is 24.5 Å². The molecule has 1 aliphatic rings. The molecule has 5 nitrogen and oxygen atoms in total. The zero-order valence-corrected chi connectivity index (χ0v) is 10.8. The molecule has 1 N–H and O–H groups in total. The maximum absolute atomic E-state index is 12.3. The first-order valence-electron chi connectivity index (χ1n) is 6.54. The molecule has 2 aromatic rings. The van der Waals surface area contributed by atoms with Gasteiger partial charge in [0, 0.05) is 5.92 Å². The maximum Gasteiger partial charge on any atom is 0.325 e. The Kier molecular flexibility index (Phi) is 3.10. The lowest BCUT2D eigenvalue weighted by molar-refractivity contribution is -0.138. The molecule has 0 bridgehead atoms. The summed E-state index contributed by atoms with van der Waals surface area (Å²) in [7, 11) is 0. The van der Waals surface area contributed by atoms with Crippen LogP contribution in [0.5, 0.6) is 0 Å². The Morgan fingerprint density at radius 1 is 1.30 bits per heavy atom. The van der Waals surface area contributed by atoms with Crippen LogP contribution in [0.3, 0.4) is 0 Å². The van der Waals surface area contributed by atoms with Crippen molar-refractivity contribution in [2.45, 2.75) is 25.3 Å². The van der Waals surface area contributed by atoms with Crippen LogP contribution in [-0.2, 0) is 11.3 Å². The summed E-state index contributed by atoms with van der Waals surface area (Å²) in [6.45, 7) is -0.404. The van der Waals surface area contributed by atoms with Gasteiger partial charge in [0.05, 0.1) is 11.3 Å². The van der Waals surface area contributed by atoms with Crippen molar-refractivity contribution in [3.63, 3.8) is 0 Å². The number of rotatable bonds is 4. The molecule has 5 heteroatoms. The van der Waals surface area contributed by atoms with E-state index in [0.29, 0.717) is 11.5 Å². The average molecular weight is 270 g/mol. The van der Waals surface area contributed by atoms with Gasteiger partial charge in [0.15, 0.2) is 0 Å². The second-order valence-electron chi connectivity index (χ2n) is 4.98. The van der Waals surface area contributed by atoms with Crippen LogP contribution in [-0.4, -0.2) is 20.9 Å². The quantitative estimate of drug-likeness (QED) is 0.920. The first-order chi connectivity index (χ1) is 9.65. The summed E-state index contributed by atoms with van der Waals surface area (Å²) in [5.74, 6) is -0.704. The monoisotopic (exact) mass is 270 g/mol. The van der Waals surface area contributed by atoms with Gasteiger partial charge in [-0.3, -0.25) is 9.59 Å². The maximum atomic E-state index is 12.3. The van der Waals surface area contributed by atoms with Crippen LogP contribution < -0.4 is 5.56 Å². The molecule has 3 rings (SSSR count). The van der Waals surface area contributed by atoms with E-state index in [0.717, 1.165) is 28.8 Å². The molecule has 0 radical (unpaired) electrons. The number of nitrogens with zero attached hydrogens (tertiary/aromatic N) is 2. The van der Waals surface area contributed by atoms with Gasteiger partial charge in [-0.25, -0.2) is 4.68 Å². The Morgan fingerprint density at radius 2 is 2.00 bits per heavy atom. The molecule has 0 spiro atoms. The standard InChI is InChI=1S/C15H14N2O3/c18-14(19)9-17-15(20)12(10-4-2-1-3-5-10)8-13(16-17)11-6-7-11/h1-5,8,11H,6-7,9H2,(H,18,19). The highest BCUT2D eigenvalue weighted by Crippen LogP contribution is 2.39. The normalized spacial score (nSPS) is 14.2. The summed E-state index contributed by atoms with van der Waals surface area (Å²) in [6, 6.07) is 11.1. The van der Waals surface area contributed by atoms with Crippen molar-refractivity contribution in [1.29, 1.82) is 0 Å². The van der Waals surface area contributed by atoms with Crippen molar-refractivity contribution in [2.24, 2.45) is 0 Å². The number of carboxylic acid groups (broad SMARTS) is 1. The summed E-state index contributed by atoms with van der Waals surface area (Å²) in [5.41, 5.74) is 1.76. The molecule has 0 saturated heterocycles. The number of carboxylic acids is 1. The number of carbonyl (C=O) groups is 1. The number of hydrogen-bond donors (Lipinski definition) is 1. The van der Waals surface area contributed by atoms with E-state index in [1.165, 1.54) is 0 Å². The summed E-state index contributed by atoms with van der Waals surface area (Å²) in [5, 5.41) is 13.1. The van der Waals surface area contributed by atoms with E-state index in [1.807, 2.05) is 30.3 Å². The molecule has 20 heavy (non-hydrogen) atoms. The van der Waals surface area contributed by atoms with Crippen LogP contribution in [0.25, 0.3) is 11.1 Å². The molecule has 1 aromatic heterocycles. The Bertz CT molecular complexity index is 703. The third-order valence-electron chi connectivity index (χ3n) is 3.36. The first-order valence-corrected chi connectivity index (χ1v) is 6.54. The van der Waals surface area contributed by atoms with E-state index in [9.17, 15) is 9.59 Å². The van der Waals surface area contributed by atoms with E-state index in [2.05, 4.69) is 5.10 Å². The van der Waals surface area contributed by atoms with Crippen LogP contribution in [0, 0.1) is 0 Å². The van der Waals surface area contributed by atoms with Crippen LogP contribution in [0.2, 0.25) is 0 Å². The molecule has 0 amide bonds. The van der Waals surface area contributed by atoms with Crippen molar-refractivity contribution in [1.82, 2.24) is 9.78 Å². The highest BCUT2D eigenvalue weighted by molar-refractivity contribution is 5.67. The van der Waals surface area contributed by atoms with Gasteiger partial charge in [0.25, 0.3) is 5.56 Å². The van der Waals surface area contributed by atoms with Crippen molar-refractivity contribution < 1.29 is 9.90 Å². The highest BCUT2D eigenvalue weighted by Gasteiger charge is 2.27. The number of aromatic nitrogens is 2. The molecule has 0 atom stereocenters. The fourth-order valence-corrected chi connectivity index (χ4v) is 2.20. The number of hydrogen-bond acceptors (Lipinski definition) is 3. The molecule has 0 aliphatic heterocycles. The van der Waals surface area contributed by atoms with E-state index >= 15 is 0 Å². The Hall–Kier alpha value is -2.43. The van der Waals surface area contributed by atoms with Crippen molar-refractivity contribution in [2.75, 3.05) is 0 Å². The van der Waals surface area contributed by atoms with Crippen LogP contribution >= 0.6 is 0 Å². The van der Waals surface area contributed by atoms with E-state index in [4.69, 9.17) is 5.11 Å². The molecule has 1 heterocycles. The number of aliphatic carboxylic acids is 1. The minimum absolute atomic E-state index is 0.358. The average Bonchev–Trinajstić information content (AvgIpc) is 3.26. The molecule has 1 aliphatic carbocycles. The Morgan fingerprint density at radius 3 is 2.60 bits per heavy atom. The van der Waals surface area contributed by atoms with Gasteiger partial charge in [-0.15, -0.1) is 0 Å². The smallest absolute Gasteiger partial charge is 0.325 e. The Labute approximate surface area is 115 Å². The minimum Gasteiger partial charge on any atom is -0.480 e. The van der Waals surface area contributed by atoms with Gasteiger partial charge >= 0.3 is 5.97 Å². The van der Waals surface area contributed by atoms with Gasteiger partial charge in [0.1, 0.15) is 6.54 Å².